The van der Waals surface area contributed by atoms with Crippen molar-refractivity contribution in [2.24, 2.45) is 10.7 Å². The molecular weight excluding hydrogens is 506 g/mol. The number of hydrogen-bond acceptors (Lipinski definition) is 10. The Labute approximate surface area is 215 Å². The van der Waals surface area contributed by atoms with Gasteiger partial charge in [0.25, 0.3) is 0 Å². The summed E-state index contributed by atoms with van der Waals surface area (Å²) >= 11 is 0. The number of carboxylic acids is 4. The van der Waals surface area contributed by atoms with Crippen molar-refractivity contribution < 1.29 is 54.2 Å². The second-order valence-electron chi connectivity index (χ2n) is 8.41. The maximum Gasteiger partial charge on any atom is 0.351 e. The lowest BCUT2D eigenvalue weighted by Gasteiger charge is -2.21. The molecular formula is C24H27N3O11. The zero-order valence-electron chi connectivity index (χ0n) is 20.2. The molecule has 1 aromatic rings. The number of benzene rings is 1. The van der Waals surface area contributed by atoms with Gasteiger partial charge < -0.3 is 41.3 Å². The van der Waals surface area contributed by atoms with Crippen LogP contribution < -0.4 is 15.8 Å². The van der Waals surface area contributed by atoms with Crippen LogP contribution in [0.3, 0.4) is 0 Å². The number of carbonyl (C=O) groups excluding carboxylic acids is 1. The van der Waals surface area contributed by atoms with Crippen molar-refractivity contribution in [3.05, 3.63) is 46.7 Å². The summed E-state index contributed by atoms with van der Waals surface area (Å²) in [5.74, 6) is -6.76. The molecule has 0 saturated carbocycles. The Kier molecular flexibility index (Phi) is 10.1. The molecule has 1 aliphatic heterocycles. The molecule has 38 heavy (non-hydrogen) atoms. The lowest BCUT2D eigenvalue weighted by Crippen LogP contribution is -2.41. The summed E-state index contributed by atoms with van der Waals surface area (Å²) in [6.45, 7) is 1.59. The minimum absolute atomic E-state index is 0.0593. The Morgan fingerprint density at radius 3 is 2.45 bits per heavy atom. The van der Waals surface area contributed by atoms with Crippen molar-refractivity contribution in [1.29, 1.82) is 0 Å². The second kappa shape index (κ2) is 13.0. The standard InChI is InChI=1S/C24H27N3O11/c1-11-6-18(28)19(38-24(37)14(25)2-3-20(29)30)10-13(11)9-15(21(31)32)26-5-4-12-7-16(22(33)34)27-17(8-12)23(35)36/h4-7,10,14-15,17,27-28H,2-3,8-9,25H2,1H3,(H,29,30)(H,31,32)(H,33,34)(H,35,36)/b12-4-,26-5-/t14-,15-,17?/m0/s1. The van der Waals surface area contributed by atoms with Gasteiger partial charge in [-0.25, -0.2) is 19.2 Å². The summed E-state index contributed by atoms with van der Waals surface area (Å²) in [5.41, 5.74) is 6.42. The first-order chi connectivity index (χ1) is 17.8. The number of ether oxygens (including phenoxy) is 1. The van der Waals surface area contributed by atoms with E-state index in [2.05, 4.69) is 10.3 Å². The van der Waals surface area contributed by atoms with Gasteiger partial charge in [0, 0.05) is 25.5 Å². The molecule has 0 aliphatic carbocycles. The number of aliphatic imine (C=N–C) groups is 1. The maximum absolute atomic E-state index is 12.2. The van der Waals surface area contributed by atoms with Crippen LogP contribution in [0.4, 0.5) is 0 Å². The molecule has 0 fully saturated rings. The molecule has 1 unspecified atom stereocenters. The van der Waals surface area contributed by atoms with Crippen LogP contribution in [0.1, 0.15) is 30.4 Å². The molecule has 14 heteroatoms. The molecule has 0 radical (unpaired) electrons. The number of carboxylic acid groups (broad SMARTS) is 4. The van der Waals surface area contributed by atoms with Crippen molar-refractivity contribution >= 4 is 36.1 Å². The van der Waals surface area contributed by atoms with E-state index in [-0.39, 0.29) is 37.1 Å². The maximum atomic E-state index is 12.2. The van der Waals surface area contributed by atoms with Crippen LogP contribution in [0, 0.1) is 6.92 Å². The lowest BCUT2D eigenvalue weighted by molar-refractivity contribution is -0.140. The van der Waals surface area contributed by atoms with Gasteiger partial charge in [-0.05, 0) is 54.3 Å². The van der Waals surface area contributed by atoms with E-state index in [9.17, 15) is 39.3 Å². The van der Waals surface area contributed by atoms with Gasteiger partial charge in [-0.1, -0.05) is 0 Å². The number of phenolic OH excluding ortho intramolecular Hbond substituents is 1. The minimum Gasteiger partial charge on any atom is -0.504 e. The Bertz CT molecular complexity index is 1220. The molecule has 1 aliphatic rings. The van der Waals surface area contributed by atoms with Gasteiger partial charge in [0.05, 0.1) is 0 Å². The molecule has 0 bridgehead atoms. The molecule has 204 valence electrons. The van der Waals surface area contributed by atoms with E-state index in [1.165, 1.54) is 24.3 Å². The topological polar surface area (TPSA) is 246 Å². The normalized spacial score (nSPS) is 17.8. The summed E-state index contributed by atoms with van der Waals surface area (Å²) in [5, 5.41) is 49.2. The number of aryl methyl sites for hydroxylation is 1. The smallest absolute Gasteiger partial charge is 0.351 e. The van der Waals surface area contributed by atoms with Crippen LogP contribution in [-0.4, -0.2) is 79.7 Å². The van der Waals surface area contributed by atoms with Gasteiger partial charge in [0.15, 0.2) is 17.5 Å². The van der Waals surface area contributed by atoms with Gasteiger partial charge >= 0.3 is 29.8 Å². The van der Waals surface area contributed by atoms with Gasteiger partial charge in [0.2, 0.25) is 0 Å². The van der Waals surface area contributed by atoms with Crippen molar-refractivity contribution in [2.75, 3.05) is 0 Å². The summed E-state index contributed by atoms with van der Waals surface area (Å²) in [7, 11) is 0. The Morgan fingerprint density at radius 1 is 1.18 bits per heavy atom. The molecule has 14 nitrogen and oxygen atoms in total. The highest BCUT2D eigenvalue weighted by Gasteiger charge is 2.26. The largest absolute Gasteiger partial charge is 0.504 e. The number of aromatic hydroxyl groups is 1. The van der Waals surface area contributed by atoms with Crippen LogP contribution >= 0.6 is 0 Å². The quantitative estimate of drug-likeness (QED) is 0.108. The monoisotopic (exact) mass is 533 g/mol. The first-order valence-electron chi connectivity index (χ1n) is 11.2. The first-order valence-corrected chi connectivity index (χ1v) is 11.2. The highest BCUT2D eigenvalue weighted by molar-refractivity contribution is 5.90. The van der Waals surface area contributed by atoms with Gasteiger partial charge in [-0.3, -0.25) is 9.79 Å². The minimum atomic E-state index is -1.36. The molecule has 8 N–H and O–H groups in total. The molecule has 0 saturated heterocycles. The van der Waals surface area contributed by atoms with E-state index in [4.69, 9.17) is 20.7 Å². The highest BCUT2D eigenvalue weighted by atomic mass is 16.5. The number of rotatable bonds is 12. The third-order valence-electron chi connectivity index (χ3n) is 5.48. The van der Waals surface area contributed by atoms with E-state index < -0.39 is 53.7 Å². The number of allylic oxidation sites excluding steroid dienone is 2. The number of hydrogen-bond donors (Lipinski definition) is 7. The third-order valence-corrected chi connectivity index (χ3v) is 5.48. The molecule has 0 spiro atoms. The van der Waals surface area contributed by atoms with Crippen molar-refractivity contribution in [1.82, 2.24) is 5.32 Å². The first kappa shape index (κ1) is 29.5. The van der Waals surface area contributed by atoms with Crippen molar-refractivity contribution in [3.8, 4) is 11.5 Å². The fourth-order valence-electron chi connectivity index (χ4n) is 3.40. The van der Waals surface area contributed by atoms with Crippen LogP contribution in [0.2, 0.25) is 0 Å². The van der Waals surface area contributed by atoms with Gasteiger partial charge in [-0.15, -0.1) is 0 Å². The number of nitrogens with zero attached hydrogens (tertiary/aromatic N) is 1. The van der Waals surface area contributed by atoms with Crippen LogP contribution in [0.5, 0.6) is 11.5 Å². The summed E-state index contributed by atoms with van der Waals surface area (Å²) in [6, 6.07) is -1.27. The fourth-order valence-corrected chi connectivity index (χ4v) is 3.40. The molecule has 1 aromatic carbocycles. The number of nitrogens with two attached hydrogens (primary N) is 1. The van der Waals surface area contributed by atoms with Gasteiger partial charge in [0.1, 0.15) is 17.8 Å². The molecule has 0 amide bonds. The summed E-state index contributed by atoms with van der Waals surface area (Å²) < 4.78 is 5.09. The molecule has 0 aromatic heterocycles. The highest BCUT2D eigenvalue weighted by Crippen LogP contribution is 2.31. The average molecular weight is 533 g/mol. The Morgan fingerprint density at radius 2 is 1.87 bits per heavy atom. The number of esters is 1. The number of phenols is 1. The number of aliphatic carboxylic acids is 4. The summed E-state index contributed by atoms with van der Waals surface area (Å²) in [4.78, 5) is 61.2. The lowest BCUT2D eigenvalue weighted by atomic mass is 9.99. The number of carbonyl (C=O) groups is 5. The van der Waals surface area contributed by atoms with Crippen molar-refractivity contribution in [3.63, 3.8) is 0 Å². The second-order valence-corrected chi connectivity index (χ2v) is 8.41. The Hall–Kier alpha value is -4.72. The predicted octanol–water partition coefficient (Wildman–Crippen LogP) is 0.206. The average Bonchev–Trinajstić information content (AvgIpc) is 2.83. The van der Waals surface area contributed by atoms with E-state index in [1.807, 2.05) is 0 Å². The van der Waals surface area contributed by atoms with Crippen LogP contribution in [0.15, 0.2) is 40.5 Å². The molecule has 2 rings (SSSR count). The predicted molar refractivity (Wildman–Crippen MR) is 130 cm³/mol. The zero-order valence-corrected chi connectivity index (χ0v) is 20.2. The molecule has 1 heterocycles. The summed E-state index contributed by atoms with van der Waals surface area (Å²) in [6.07, 6.45) is 2.86. The van der Waals surface area contributed by atoms with Crippen LogP contribution in [-0.2, 0) is 30.4 Å². The fraction of sp³-hybridized carbons (Fsp3) is 0.333. The Balaban J connectivity index is 2.22. The molecule has 3 atom stereocenters. The third kappa shape index (κ3) is 8.44. The van der Waals surface area contributed by atoms with E-state index in [0.29, 0.717) is 16.7 Å². The van der Waals surface area contributed by atoms with Crippen molar-refractivity contribution in [2.45, 2.75) is 50.7 Å². The number of nitrogens with one attached hydrogen (secondary N) is 1. The SMILES string of the molecule is Cc1cc(O)c(OC(=O)[C@@H](N)CCC(=O)O)cc1C[C@H](/N=C\C=C1\C=C(C(=O)O)NC(C(=O)O)C1)C(=O)O. The van der Waals surface area contributed by atoms with E-state index in [0.717, 1.165) is 6.21 Å². The zero-order chi connectivity index (χ0) is 28.6. The van der Waals surface area contributed by atoms with E-state index >= 15 is 0 Å². The van der Waals surface area contributed by atoms with E-state index in [1.54, 1.807) is 6.92 Å². The van der Waals surface area contributed by atoms with Crippen LogP contribution in [0.25, 0.3) is 0 Å². The van der Waals surface area contributed by atoms with Gasteiger partial charge in [-0.2, -0.15) is 0 Å².